The van der Waals surface area contributed by atoms with Gasteiger partial charge in [0.15, 0.2) is 17.5 Å². The minimum atomic E-state index is -0.445. The van der Waals surface area contributed by atoms with Crippen LogP contribution in [0, 0.1) is 0 Å². The number of nitrogens with zero attached hydrogens (tertiary/aromatic N) is 3. The van der Waals surface area contributed by atoms with Crippen LogP contribution in [0.4, 0.5) is 0 Å². The van der Waals surface area contributed by atoms with Gasteiger partial charge in [-0.2, -0.15) is 0 Å². The van der Waals surface area contributed by atoms with E-state index in [1.54, 1.807) is 0 Å². The highest BCUT2D eigenvalue weighted by molar-refractivity contribution is 7.20. The van der Waals surface area contributed by atoms with E-state index >= 15 is 0 Å². The second kappa shape index (κ2) is 11.3. The van der Waals surface area contributed by atoms with Crippen LogP contribution in [0.15, 0.2) is 176 Å². The zero-order chi connectivity index (χ0) is 34.2. The molecular weight excluding hydrogens is 651 g/mol. The van der Waals surface area contributed by atoms with Gasteiger partial charge in [-0.25, -0.2) is 15.0 Å². The maximum absolute atomic E-state index is 5.30. The fourth-order valence-electron chi connectivity index (χ4n) is 8.59. The van der Waals surface area contributed by atoms with E-state index in [-0.39, 0.29) is 0 Å². The Labute approximate surface area is 305 Å². The maximum Gasteiger partial charge on any atom is 0.164 e. The molecule has 0 radical (unpaired) electrons. The molecule has 0 saturated heterocycles. The second-order valence-electron chi connectivity index (χ2n) is 13.5. The number of benzene rings is 7. The van der Waals surface area contributed by atoms with Crippen LogP contribution >= 0.6 is 11.3 Å². The number of hydrogen-bond acceptors (Lipinski definition) is 4. The molecule has 1 spiro atoms. The van der Waals surface area contributed by atoms with Gasteiger partial charge in [0, 0.05) is 37.2 Å². The van der Waals surface area contributed by atoms with Crippen molar-refractivity contribution in [3.63, 3.8) is 0 Å². The van der Waals surface area contributed by atoms with E-state index in [0.29, 0.717) is 17.5 Å². The summed E-state index contributed by atoms with van der Waals surface area (Å²) in [5.74, 6) is 1.97. The Kier molecular flexibility index (Phi) is 6.34. The summed E-state index contributed by atoms with van der Waals surface area (Å²) in [7, 11) is 0. The monoisotopic (exact) mass is 679 g/mol. The summed E-state index contributed by atoms with van der Waals surface area (Å²) < 4.78 is 1.32. The number of aromatic nitrogens is 3. The molecule has 0 fully saturated rings. The molecular formula is C48H29N3S. The van der Waals surface area contributed by atoms with Gasteiger partial charge in [0.1, 0.15) is 0 Å². The molecule has 0 bridgehead atoms. The summed E-state index contributed by atoms with van der Waals surface area (Å²) in [5, 5.41) is 1.32. The highest BCUT2D eigenvalue weighted by atomic mass is 32.1. The fraction of sp³-hybridized carbons (Fsp3) is 0.0208. The summed E-state index contributed by atoms with van der Waals surface area (Å²) in [5.41, 5.74) is 13.8. The van der Waals surface area contributed by atoms with Crippen LogP contribution in [-0.2, 0) is 5.41 Å². The number of rotatable bonds is 4. The first-order valence-corrected chi connectivity index (χ1v) is 18.4. The molecule has 0 saturated carbocycles. The van der Waals surface area contributed by atoms with Crippen molar-refractivity contribution >= 4 is 21.4 Å². The predicted octanol–water partition coefficient (Wildman–Crippen LogP) is 12.1. The standard InChI is InChI=1S/C48H29N3S/c1-3-15-30(16-4-1)32-19-13-20-33(29-32)46-49-45(31-17-5-2-6-18-31)50-47(51-46)37-24-14-27-40-42(37)34-21-7-10-25-38(34)48(40)39-26-11-8-22-35(39)43-36-23-9-12-28-41(36)52-44(43)48/h1-29H. The zero-order valence-electron chi connectivity index (χ0n) is 28.0. The molecule has 0 N–H and O–H groups in total. The highest BCUT2D eigenvalue weighted by Gasteiger charge is 2.53. The molecule has 2 aliphatic rings. The summed E-state index contributed by atoms with van der Waals surface area (Å²) in [6.45, 7) is 0. The van der Waals surface area contributed by atoms with Crippen molar-refractivity contribution in [1.29, 1.82) is 0 Å². The third kappa shape index (κ3) is 4.10. The van der Waals surface area contributed by atoms with Gasteiger partial charge in [-0.05, 0) is 56.6 Å². The highest BCUT2D eigenvalue weighted by Crippen LogP contribution is 2.66. The second-order valence-corrected chi connectivity index (χ2v) is 14.5. The molecule has 3 nitrogen and oxygen atoms in total. The fourth-order valence-corrected chi connectivity index (χ4v) is 10.0. The molecule has 52 heavy (non-hydrogen) atoms. The lowest BCUT2D eigenvalue weighted by Gasteiger charge is -2.29. The Morgan fingerprint density at radius 2 is 0.885 bits per heavy atom. The van der Waals surface area contributed by atoms with E-state index < -0.39 is 5.41 Å². The van der Waals surface area contributed by atoms with E-state index in [9.17, 15) is 0 Å². The van der Waals surface area contributed by atoms with E-state index in [4.69, 9.17) is 15.0 Å². The number of fused-ring (bicyclic) bond motifs is 12. The topological polar surface area (TPSA) is 38.7 Å². The van der Waals surface area contributed by atoms with E-state index in [0.717, 1.165) is 27.8 Å². The molecule has 0 aliphatic heterocycles. The number of thiophene rings is 1. The van der Waals surface area contributed by atoms with Crippen LogP contribution in [-0.4, -0.2) is 15.0 Å². The Hall–Kier alpha value is -6.49. The molecule has 9 aromatic rings. The van der Waals surface area contributed by atoms with Crippen molar-refractivity contribution in [3.8, 4) is 67.5 Å². The summed E-state index contributed by atoms with van der Waals surface area (Å²) in [4.78, 5) is 17.0. The van der Waals surface area contributed by atoms with Crippen LogP contribution in [0.25, 0.3) is 77.6 Å². The third-order valence-corrected chi connectivity index (χ3v) is 12.0. The molecule has 1 atom stereocenters. The molecule has 1 unspecified atom stereocenters. The molecule has 2 aliphatic carbocycles. The molecule has 4 heteroatoms. The van der Waals surface area contributed by atoms with Crippen LogP contribution < -0.4 is 0 Å². The largest absolute Gasteiger partial charge is 0.208 e. The summed E-state index contributed by atoms with van der Waals surface area (Å²) >= 11 is 1.93. The van der Waals surface area contributed by atoms with E-state index in [2.05, 4.69) is 152 Å². The van der Waals surface area contributed by atoms with Crippen LogP contribution in [0.5, 0.6) is 0 Å². The SMILES string of the molecule is c1ccc(-c2cccc(-c3nc(-c4ccccc4)nc(-c4cccc5c4-c4ccccc4C54c5ccccc5-c5c4sc4ccccc54)n3)c2)cc1. The van der Waals surface area contributed by atoms with Gasteiger partial charge in [-0.15, -0.1) is 11.3 Å². The first-order chi connectivity index (χ1) is 25.8. The third-order valence-electron chi connectivity index (χ3n) is 10.7. The first-order valence-electron chi connectivity index (χ1n) is 17.6. The quantitative estimate of drug-likeness (QED) is 0.186. The predicted molar refractivity (Wildman–Crippen MR) is 213 cm³/mol. The Balaban J connectivity index is 1.19. The van der Waals surface area contributed by atoms with E-state index in [1.165, 1.54) is 53.9 Å². The Morgan fingerprint density at radius 3 is 1.65 bits per heavy atom. The minimum Gasteiger partial charge on any atom is -0.208 e. The van der Waals surface area contributed by atoms with Crippen molar-refractivity contribution in [1.82, 2.24) is 15.0 Å². The van der Waals surface area contributed by atoms with Crippen LogP contribution in [0.1, 0.15) is 21.6 Å². The Bertz CT molecular complexity index is 2860. The van der Waals surface area contributed by atoms with Crippen LogP contribution in [0.3, 0.4) is 0 Å². The van der Waals surface area contributed by atoms with E-state index in [1.807, 2.05) is 35.6 Å². The Morgan fingerprint density at radius 1 is 0.365 bits per heavy atom. The normalized spacial score (nSPS) is 15.0. The average molecular weight is 680 g/mol. The molecule has 7 aromatic carbocycles. The molecule has 242 valence electrons. The summed E-state index contributed by atoms with van der Waals surface area (Å²) in [6.07, 6.45) is 0. The lowest BCUT2D eigenvalue weighted by atomic mass is 9.74. The number of hydrogen-bond donors (Lipinski definition) is 0. The van der Waals surface area contributed by atoms with Crippen molar-refractivity contribution in [3.05, 3.63) is 197 Å². The summed E-state index contributed by atoms with van der Waals surface area (Å²) in [6, 6.07) is 62.8. The minimum absolute atomic E-state index is 0.445. The van der Waals surface area contributed by atoms with Crippen molar-refractivity contribution in [2.45, 2.75) is 5.41 Å². The first kappa shape index (κ1) is 29.3. The van der Waals surface area contributed by atoms with Gasteiger partial charge in [0.2, 0.25) is 0 Å². The van der Waals surface area contributed by atoms with Gasteiger partial charge < -0.3 is 0 Å². The maximum atomic E-state index is 5.30. The lowest BCUT2D eigenvalue weighted by Crippen LogP contribution is -2.24. The zero-order valence-corrected chi connectivity index (χ0v) is 28.8. The smallest absolute Gasteiger partial charge is 0.164 e. The average Bonchev–Trinajstić information content (AvgIpc) is 3.85. The van der Waals surface area contributed by atoms with Gasteiger partial charge in [0.05, 0.1) is 5.41 Å². The molecule has 11 rings (SSSR count). The molecule has 2 aromatic heterocycles. The van der Waals surface area contributed by atoms with Crippen molar-refractivity contribution < 1.29 is 0 Å². The lowest BCUT2D eigenvalue weighted by molar-refractivity contribution is 0.811. The molecule has 0 amide bonds. The van der Waals surface area contributed by atoms with Gasteiger partial charge in [-0.3, -0.25) is 0 Å². The van der Waals surface area contributed by atoms with Crippen LogP contribution in [0.2, 0.25) is 0 Å². The van der Waals surface area contributed by atoms with Crippen molar-refractivity contribution in [2.75, 3.05) is 0 Å². The van der Waals surface area contributed by atoms with Crippen molar-refractivity contribution in [2.24, 2.45) is 0 Å². The van der Waals surface area contributed by atoms with Gasteiger partial charge in [-0.1, -0.05) is 164 Å². The van der Waals surface area contributed by atoms with Gasteiger partial charge in [0.25, 0.3) is 0 Å². The molecule has 2 heterocycles. The van der Waals surface area contributed by atoms with Gasteiger partial charge >= 0.3 is 0 Å².